The summed E-state index contributed by atoms with van der Waals surface area (Å²) in [6.45, 7) is 4.44. The zero-order chi connectivity index (χ0) is 25.2. The summed E-state index contributed by atoms with van der Waals surface area (Å²) in [6.07, 6.45) is 5.11. The fourth-order valence-corrected chi connectivity index (χ4v) is 5.91. The number of nitrogens with zero attached hydrogens (tertiary/aromatic N) is 2. The third-order valence-corrected chi connectivity index (χ3v) is 7.73. The van der Waals surface area contributed by atoms with Crippen LogP contribution >= 0.6 is 0 Å². The van der Waals surface area contributed by atoms with Crippen molar-refractivity contribution in [2.75, 3.05) is 26.2 Å². The van der Waals surface area contributed by atoms with Crippen LogP contribution in [0.15, 0.2) is 60.7 Å². The first-order chi connectivity index (χ1) is 17.6. The molecule has 1 aliphatic rings. The first-order valence-corrected chi connectivity index (χ1v) is 13.1. The van der Waals surface area contributed by atoms with E-state index in [1.165, 1.54) is 39.0 Å². The lowest BCUT2D eigenvalue weighted by molar-refractivity contribution is 0.395. The van der Waals surface area contributed by atoms with Gasteiger partial charge in [-0.2, -0.15) is 0 Å². The number of ether oxygens (including phenoxy) is 2. The monoisotopic (exact) mass is 480 g/mol. The van der Waals surface area contributed by atoms with Gasteiger partial charge in [-0.25, -0.2) is 0 Å². The molecule has 0 saturated carbocycles. The van der Waals surface area contributed by atoms with Gasteiger partial charge in [0.1, 0.15) is 11.5 Å². The molecule has 36 heavy (non-hydrogen) atoms. The molecule has 0 aliphatic heterocycles. The molecule has 1 aromatic heterocycles. The van der Waals surface area contributed by atoms with E-state index in [9.17, 15) is 0 Å². The maximum atomic E-state index is 6.08. The Labute approximate surface area is 214 Å². The number of anilines is 1. The highest BCUT2D eigenvalue weighted by molar-refractivity contribution is 5.98. The number of fused-ring (bicyclic) bond motifs is 2. The number of hydrogen-bond acceptors (Lipinski definition) is 4. The lowest BCUT2D eigenvalue weighted by Crippen LogP contribution is -2.29. The summed E-state index contributed by atoms with van der Waals surface area (Å²) in [7, 11) is 5.72. The van der Waals surface area contributed by atoms with E-state index >= 15 is 0 Å². The topological polar surface area (TPSA) is 34.6 Å². The van der Waals surface area contributed by atoms with Crippen molar-refractivity contribution >= 4 is 16.5 Å². The summed E-state index contributed by atoms with van der Waals surface area (Å²) in [5.74, 6) is 1.84. The Morgan fingerprint density at radius 1 is 0.861 bits per heavy atom. The number of hydrogen-bond donors (Lipinski definition) is 0. The smallest absolute Gasteiger partial charge is 0.128 e. The molecule has 4 nitrogen and oxygen atoms in total. The summed E-state index contributed by atoms with van der Waals surface area (Å²) >= 11 is 0. The average molecular weight is 481 g/mol. The van der Waals surface area contributed by atoms with Gasteiger partial charge >= 0.3 is 0 Å². The van der Waals surface area contributed by atoms with E-state index in [1.54, 1.807) is 14.2 Å². The van der Waals surface area contributed by atoms with Crippen LogP contribution in [0, 0.1) is 0 Å². The Hall–Kier alpha value is -3.53. The first kappa shape index (κ1) is 24.2. The minimum Gasteiger partial charge on any atom is -0.496 e. The summed E-state index contributed by atoms with van der Waals surface area (Å²) in [5.41, 5.74) is 8.59. The molecule has 4 aromatic rings. The van der Waals surface area contributed by atoms with Crippen molar-refractivity contribution in [3.8, 4) is 22.8 Å². The molecular weight excluding hydrogens is 444 g/mol. The van der Waals surface area contributed by atoms with E-state index in [1.807, 2.05) is 6.07 Å². The number of methoxy groups -OCH3 is 2. The van der Waals surface area contributed by atoms with Crippen LogP contribution in [0.1, 0.15) is 55.1 Å². The number of rotatable bonds is 7. The molecule has 1 unspecified atom stereocenters. The Balaban J connectivity index is 1.63. The number of benzene rings is 3. The molecule has 0 fully saturated rings. The first-order valence-electron chi connectivity index (χ1n) is 13.1. The summed E-state index contributed by atoms with van der Waals surface area (Å²) in [5, 5.41) is 2.32. The van der Waals surface area contributed by atoms with E-state index < -0.39 is 0 Å². The van der Waals surface area contributed by atoms with Crippen molar-refractivity contribution in [1.29, 1.82) is 0 Å². The van der Waals surface area contributed by atoms with Gasteiger partial charge in [0.2, 0.25) is 0 Å². The van der Waals surface area contributed by atoms with Crippen LogP contribution in [0.3, 0.4) is 0 Å². The van der Waals surface area contributed by atoms with Gasteiger partial charge in [0.15, 0.2) is 0 Å². The fraction of sp³-hybridized carbons (Fsp3) is 0.344. The third kappa shape index (κ3) is 4.09. The molecule has 0 bridgehead atoms. The Morgan fingerprint density at radius 3 is 2.22 bits per heavy atom. The number of pyridine rings is 1. The predicted octanol–water partition coefficient (Wildman–Crippen LogP) is 7.56. The van der Waals surface area contributed by atoms with Gasteiger partial charge in [0, 0.05) is 40.7 Å². The van der Waals surface area contributed by atoms with Crippen molar-refractivity contribution in [2.24, 2.45) is 0 Å². The molecule has 186 valence electrons. The quantitative estimate of drug-likeness (QED) is 0.273. The Bertz CT molecular complexity index is 1360. The minimum atomic E-state index is 0.189. The van der Waals surface area contributed by atoms with Crippen LogP contribution in [0.2, 0.25) is 0 Å². The van der Waals surface area contributed by atoms with Gasteiger partial charge in [0.05, 0.1) is 31.6 Å². The van der Waals surface area contributed by atoms with Crippen molar-refractivity contribution in [3.05, 3.63) is 83.0 Å². The van der Waals surface area contributed by atoms with Crippen LogP contribution in [0.4, 0.5) is 5.69 Å². The zero-order valence-corrected chi connectivity index (χ0v) is 22.1. The number of aryl methyl sites for hydroxylation is 3. The second kappa shape index (κ2) is 10.2. The van der Waals surface area contributed by atoms with Gasteiger partial charge < -0.3 is 14.4 Å². The molecule has 0 amide bonds. The lowest BCUT2D eigenvalue weighted by Gasteiger charge is -2.36. The van der Waals surface area contributed by atoms with Crippen LogP contribution in [0.5, 0.6) is 11.5 Å². The predicted molar refractivity (Wildman–Crippen MR) is 150 cm³/mol. The van der Waals surface area contributed by atoms with E-state index in [4.69, 9.17) is 14.5 Å². The van der Waals surface area contributed by atoms with Crippen LogP contribution < -0.4 is 14.4 Å². The Kier molecular flexibility index (Phi) is 6.86. The lowest BCUT2D eigenvalue weighted by atomic mass is 9.87. The molecule has 4 heteroatoms. The molecular formula is C32H36N2O2. The largest absolute Gasteiger partial charge is 0.496 e. The van der Waals surface area contributed by atoms with Gasteiger partial charge in [-0.3, -0.25) is 4.98 Å². The standard InChI is InChI=1S/C32H36N2O2/c1-6-21-12-8-13-22(7-2)31(21)26-20-30(36-5)32-25(33-26)16-11-18-28(32)34(3)27-17-9-15-24-23(27)14-10-19-29(24)35-4/h8-10,12-15,17,19-20,28H,6-7,11,16,18H2,1-5H3. The van der Waals surface area contributed by atoms with Gasteiger partial charge in [-0.1, -0.05) is 56.3 Å². The van der Waals surface area contributed by atoms with E-state index in [2.05, 4.69) is 80.4 Å². The van der Waals surface area contributed by atoms with E-state index in [0.29, 0.717) is 0 Å². The summed E-state index contributed by atoms with van der Waals surface area (Å²) in [6, 6.07) is 21.7. The van der Waals surface area contributed by atoms with Crippen molar-refractivity contribution in [2.45, 2.75) is 52.0 Å². The molecule has 0 radical (unpaired) electrons. The molecule has 5 rings (SSSR count). The van der Waals surface area contributed by atoms with E-state index in [-0.39, 0.29) is 6.04 Å². The van der Waals surface area contributed by atoms with Gasteiger partial charge in [0.25, 0.3) is 0 Å². The highest BCUT2D eigenvalue weighted by Gasteiger charge is 2.30. The third-order valence-electron chi connectivity index (χ3n) is 7.73. The van der Waals surface area contributed by atoms with Crippen LogP contribution in [-0.4, -0.2) is 26.3 Å². The highest BCUT2D eigenvalue weighted by atomic mass is 16.5. The van der Waals surface area contributed by atoms with Crippen molar-refractivity contribution < 1.29 is 9.47 Å². The van der Waals surface area contributed by atoms with Gasteiger partial charge in [-0.15, -0.1) is 0 Å². The van der Waals surface area contributed by atoms with Crippen molar-refractivity contribution in [3.63, 3.8) is 0 Å². The van der Waals surface area contributed by atoms with E-state index in [0.717, 1.165) is 54.7 Å². The normalized spacial score (nSPS) is 15.0. The molecule has 0 spiro atoms. The maximum absolute atomic E-state index is 6.08. The average Bonchev–Trinajstić information content (AvgIpc) is 2.94. The minimum absolute atomic E-state index is 0.189. The molecule has 1 heterocycles. The summed E-state index contributed by atoms with van der Waals surface area (Å²) < 4.78 is 11.7. The van der Waals surface area contributed by atoms with Crippen LogP contribution in [-0.2, 0) is 19.3 Å². The maximum Gasteiger partial charge on any atom is 0.128 e. The summed E-state index contributed by atoms with van der Waals surface area (Å²) in [4.78, 5) is 7.70. The Morgan fingerprint density at radius 2 is 1.53 bits per heavy atom. The molecule has 1 atom stereocenters. The fourth-order valence-electron chi connectivity index (χ4n) is 5.91. The SMILES string of the molecule is CCc1cccc(CC)c1-c1cc(OC)c2c(n1)CCCC2N(C)c1cccc2c(OC)cccc12. The number of aromatic nitrogens is 1. The second-order valence-corrected chi connectivity index (χ2v) is 9.58. The molecule has 0 N–H and O–H groups in total. The highest BCUT2D eigenvalue weighted by Crippen LogP contribution is 2.44. The van der Waals surface area contributed by atoms with Crippen molar-refractivity contribution in [1.82, 2.24) is 4.98 Å². The molecule has 3 aromatic carbocycles. The molecule has 1 aliphatic carbocycles. The zero-order valence-electron chi connectivity index (χ0n) is 22.1. The van der Waals surface area contributed by atoms with Gasteiger partial charge in [-0.05, 0) is 55.4 Å². The van der Waals surface area contributed by atoms with Crippen LogP contribution in [0.25, 0.3) is 22.0 Å². The second-order valence-electron chi connectivity index (χ2n) is 9.58. The molecule has 0 saturated heterocycles.